The van der Waals surface area contributed by atoms with E-state index in [1.165, 1.54) is 5.92 Å². The van der Waals surface area contributed by atoms with Gasteiger partial charge in [-0.25, -0.2) is 0 Å². The monoisotopic (exact) mass is 156 g/mol. The van der Waals surface area contributed by atoms with Crippen molar-refractivity contribution in [2.24, 2.45) is 5.41 Å². The maximum atomic E-state index is 11.2. The summed E-state index contributed by atoms with van der Waals surface area (Å²) in [5, 5.41) is 2.85. The van der Waals surface area contributed by atoms with Gasteiger partial charge in [0.25, 0.3) is 0 Å². The molecule has 11 heavy (non-hydrogen) atoms. The number of carbonyl (C=O) groups excluding carboxylic acids is 1. The lowest BCUT2D eigenvalue weighted by molar-refractivity contribution is -0.128. The number of rotatable bonds is 2. The number of nitrogens with one attached hydrogen (secondary N) is 1. The molecule has 0 bridgehead atoms. The van der Waals surface area contributed by atoms with E-state index in [4.69, 9.17) is 0 Å². The molecule has 1 N–H and O–H groups in total. The highest BCUT2D eigenvalue weighted by molar-refractivity contribution is 5.81. The summed E-state index contributed by atoms with van der Waals surface area (Å²) in [6, 6.07) is 0. The lowest BCUT2D eigenvalue weighted by Crippen LogP contribution is -2.36. The van der Waals surface area contributed by atoms with Crippen molar-refractivity contribution in [3.8, 4) is 0 Å². The fourth-order valence-electron chi connectivity index (χ4n) is 0.522. The summed E-state index contributed by atoms with van der Waals surface area (Å²) < 4.78 is 0. The van der Waals surface area contributed by atoms with Crippen molar-refractivity contribution in [1.82, 2.24) is 5.32 Å². The van der Waals surface area contributed by atoms with Crippen molar-refractivity contribution >= 4 is 5.91 Å². The lowest BCUT2D eigenvalue weighted by atomic mass is 9.95. The van der Waals surface area contributed by atoms with Gasteiger partial charge in [-0.3, -0.25) is 4.79 Å². The van der Waals surface area contributed by atoms with Crippen LogP contribution in [-0.2, 0) is 4.79 Å². The van der Waals surface area contributed by atoms with Gasteiger partial charge in [-0.1, -0.05) is 34.6 Å². The van der Waals surface area contributed by atoms with Crippen LogP contribution in [-0.4, -0.2) is 12.5 Å². The van der Waals surface area contributed by atoms with Gasteiger partial charge in [-0.15, -0.1) is 0 Å². The first-order chi connectivity index (χ1) is 4.84. The van der Waals surface area contributed by atoms with E-state index in [1.54, 1.807) is 0 Å². The predicted octanol–water partition coefficient (Wildman–Crippen LogP) is 1.76. The van der Waals surface area contributed by atoms with Crippen LogP contribution in [0.5, 0.6) is 0 Å². The van der Waals surface area contributed by atoms with E-state index in [9.17, 15) is 4.79 Å². The van der Waals surface area contributed by atoms with Crippen molar-refractivity contribution in [2.75, 3.05) is 6.54 Å². The summed E-state index contributed by atoms with van der Waals surface area (Å²) >= 11 is 0. The largest absolute Gasteiger partial charge is 0.355 e. The molecular formula is C9H18NO. The van der Waals surface area contributed by atoms with Crippen molar-refractivity contribution < 1.29 is 4.79 Å². The molecule has 1 amide bonds. The maximum absolute atomic E-state index is 11.2. The van der Waals surface area contributed by atoms with Crippen LogP contribution >= 0.6 is 0 Å². The normalized spacial score (nSPS) is 11.8. The Balaban J connectivity index is 3.71. The fourth-order valence-corrected chi connectivity index (χ4v) is 0.522. The summed E-state index contributed by atoms with van der Waals surface area (Å²) in [6.07, 6.45) is 0. The molecule has 0 unspecified atom stereocenters. The molecule has 0 aliphatic carbocycles. The van der Waals surface area contributed by atoms with Gasteiger partial charge in [0.05, 0.1) is 0 Å². The number of hydrogen-bond donors (Lipinski definition) is 1. The fraction of sp³-hybridized carbons (Fsp3) is 0.778. The van der Waals surface area contributed by atoms with Crippen LogP contribution in [0.3, 0.4) is 0 Å². The van der Waals surface area contributed by atoms with Crippen LogP contribution < -0.4 is 5.32 Å². The van der Waals surface area contributed by atoms with Gasteiger partial charge >= 0.3 is 0 Å². The standard InChI is InChI=1S/C9H18NO/c1-7(2)6-10-8(11)9(3,4)5/h6H2,1-5H3,(H,10,11). The molecule has 2 nitrogen and oxygen atoms in total. The Morgan fingerprint density at radius 2 is 1.73 bits per heavy atom. The van der Waals surface area contributed by atoms with Crippen molar-refractivity contribution in [3.63, 3.8) is 0 Å². The minimum Gasteiger partial charge on any atom is -0.355 e. The molecule has 65 valence electrons. The second-order valence-electron chi connectivity index (χ2n) is 4.14. The topological polar surface area (TPSA) is 29.1 Å². The molecule has 0 heterocycles. The molecule has 0 saturated heterocycles. The van der Waals surface area contributed by atoms with Crippen molar-refractivity contribution in [1.29, 1.82) is 0 Å². The Labute approximate surface area is 69.4 Å². The molecule has 0 aromatic heterocycles. The Morgan fingerprint density at radius 1 is 1.27 bits per heavy atom. The van der Waals surface area contributed by atoms with Gasteiger partial charge in [-0.05, 0) is 5.92 Å². The molecule has 0 aromatic rings. The Morgan fingerprint density at radius 3 is 2.00 bits per heavy atom. The van der Waals surface area contributed by atoms with Crippen LogP contribution in [0.2, 0.25) is 0 Å². The molecule has 0 fully saturated rings. The van der Waals surface area contributed by atoms with E-state index in [-0.39, 0.29) is 11.3 Å². The predicted molar refractivity (Wildman–Crippen MR) is 47.1 cm³/mol. The Hall–Kier alpha value is -0.530. The third-order valence-corrected chi connectivity index (χ3v) is 1.28. The first kappa shape index (κ1) is 10.5. The molecule has 0 saturated carbocycles. The second kappa shape index (κ2) is 3.74. The molecule has 0 rings (SSSR count). The second-order valence-corrected chi connectivity index (χ2v) is 4.14. The van der Waals surface area contributed by atoms with Gasteiger partial charge in [0.1, 0.15) is 0 Å². The van der Waals surface area contributed by atoms with Gasteiger partial charge in [-0.2, -0.15) is 0 Å². The van der Waals surface area contributed by atoms with Gasteiger partial charge in [0, 0.05) is 12.0 Å². The molecule has 0 atom stereocenters. The summed E-state index contributed by atoms with van der Waals surface area (Å²) in [5.41, 5.74) is -0.268. The van der Waals surface area contributed by atoms with Gasteiger partial charge in [0.2, 0.25) is 5.91 Å². The number of amides is 1. The summed E-state index contributed by atoms with van der Waals surface area (Å²) in [6.45, 7) is 10.4. The minimum atomic E-state index is -0.268. The van der Waals surface area contributed by atoms with E-state index < -0.39 is 0 Å². The number of hydrogen-bond acceptors (Lipinski definition) is 1. The van der Waals surface area contributed by atoms with E-state index in [1.807, 2.05) is 34.6 Å². The van der Waals surface area contributed by atoms with E-state index >= 15 is 0 Å². The lowest BCUT2D eigenvalue weighted by Gasteiger charge is -2.18. The molecular weight excluding hydrogens is 138 g/mol. The zero-order valence-corrected chi connectivity index (χ0v) is 8.12. The van der Waals surface area contributed by atoms with Crippen molar-refractivity contribution in [2.45, 2.75) is 34.6 Å². The van der Waals surface area contributed by atoms with E-state index in [2.05, 4.69) is 5.32 Å². The molecule has 0 spiro atoms. The van der Waals surface area contributed by atoms with Crippen LogP contribution in [0.4, 0.5) is 0 Å². The SMILES string of the molecule is C[C](C)CNC(=O)C(C)(C)C. The van der Waals surface area contributed by atoms with Gasteiger partial charge in [0.15, 0.2) is 0 Å². The highest BCUT2D eigenvalue weighted by Crippen LogP contribution is 2.12. The first-order valence-corrected chi connectivity index (χ1v) is 3.91. The highest BCUT2D eigenvalue weighted by Gasteiger charge is 2.20. The third kappa shape index (κ3) is 4.82. The quantitative estimate of drug-likeness (QED) is 0.648. The third-order valence-electron chi connectivity index (χ3n) is 1.28. The average molecular weight is 156 g/mol. The molecule has 2 heteroatoms. The molecule has 0 aliphatic rings. The number of carbonyl (C=O) groups is 1. The smallest absolute Gasteiger partial charge is 0.225 e. The zero-order valence-electron chi connectivity index (χ0n) is 8.12. The van der Waals surface area contributed by atoms with E-state index in [0.29, 0.717) is 6.54 Å². The Bertz CT molecular complexity index is 133. The average Bonchev–Trinajstić information content (AvgIpc) is 1.80. The first-order valence-electron chi connectivity index (χ1n) is 3.91. The molecule has 0 aliphatic heterocycles. The maximum Gasteiger partial charge on any atom is 0.225 e. The summed E-state index contributed by atoms with van der Waals surface area (Å²) in [4.78, 5) is 11.2. The Kier molecular flexibility index (Phi) is 3.56. The van der Waals surface area contributed by atoms with Crippen LogP contribution in [0, 0.1) is 11.3 Å². The molecule has 0 aromatic carbocycles. The summed E-state index contributed by atoms with van der Waals surface area (Å²) in [5.74, 6) is 1.33. The highest BCUT2D eigenvalue weighted by atomic mass is 16.2. The van der Waals surface area contributed by atoms with Crippen molar-refractivity contribution in [3.05, 3.63) is 5.92 Å². The summed E-state index contributed by atoms with van der Waals surface area (Å²) in [7, 11) is 0. The van der Waals surface area contributed by atoms with Crippen LogP contribution in [0.15, 0.2) is 0 Å². The molecule has 1 radical (unpaired) electrons. The zero-order chi connectivity index (χ0) is 9.07. The van der Waals surface area contributed by atoms with Gasteiger partial charge < -0.3 is 5.32 Å². The van der Waals surface area contributed by atoms with Crippen LogP contribution in [0.25, 0.3) is 0 Å². The minimum absolute atomic E-state index is 0.110. The van der Waals surface area contributed by atoms with E-state index in [0.717, 1.165) is 0 Å². The van der Waals surface area contributed by atoms with Crippen LogP contribution in [0.1, 0.15) is 34.6 Å².